The molecule has 0 aromatic heterocycles. The summed E-state index contributed by atoms with van der Waals surface area (Å²) in [4.78, 5) is 27.0. The van der Waals surface area contributed by atoms with Crippen molar-refractivity contribution >= 4 is 11.8 Å². The van der Waals surface area contributed by atoms with Crippen molar-refractivity contribution in [1.29, 1.82) is 0 Å². The van der Waals surface area contributed by atoms with Gasteiger partial charge in [-0.05, 0) is 49.7 Å². The van der Waals surface area contributed by atoms with Crippen LogP contribution in [-0.2, 0) is 19.1 Å². The number of ether oxygens (including phenoxy) is 3. The highest BCUT2D eigenvalue weighted by Crippen LogP contribution is 2.39. The molecule has 2 bridgehead atoms. The topological polar surface area (TPSA) is 77.1 Å². The van der Waals surface area contributed by atoms with Crippen molar-refractivity contribution in [2.45, 2.75) is 55.7 Å². The number of hydrogen-bond acceptors (Lipinski definition) is 5. The fourth-order valence-corrected chi connectivity index (χ4v) is 5.42. The fourth-order valence-electron chi connectivity index (χ4n) is 5.42. The Bertz CT molecular complexity index is 791. The highest BCUT2D eigenvalue weighted by molar-refractivity contribution is 5.81. The van der Waals surface area contributed by atoms with Crippen LogP contribution in [0, 0.1) is 0 Å². The smallest absolute Gasteiger partial charge is 0.260 e. The lowest BCUT2D eigenvalue weighted by Gasteiger charge is -2.41. The third kappa shape index (κ3) is 3.51. The Balaban J connectivity index is 1.44. The average molecular weight is 400 g/mol. The average Bonchev–Trinajstić information content (AvgIpc) is 3.08. The highest BCUT2D eigenvalue weighted by atomic mass is 16.5. The van der Waals surface area contributed by atoms with E-state index in [9.17, 15) is 9.59 Å². The van der Waals surface area contributed by atoms with Crippen molar-refractivity contribution in [2.75, 3.05) is 33.0 Å². The van der Waals surface area contributed by atoms with Gasteiger partial charge in [0.15, 0.2) is 6.61 Å². The van der Waals surface area contributed by atoms with E-state index in [1.807, 2.05) is 23.1 Å². The zero-order valence-electron chi connectivity index (χ0n) is 16.6. The van der Waals surface area contributed by atoms with E-state index in [1.165, 1.54) is 5.56 Å². The van der Waals surface area contributed by atoms with Crippen molar-refractivity contribution in [2.24, 2.45) is 0 Å². The van der Waals surface area contributed by atoms with E-state index < -0.39 is 5.54 Å². The van der Waals surface area contributed by atoms with E-state index in [0.29, 0.717) is 32.1 Å². The first-order chi connectivity index (χ1) is 14.1. The van der Waals surface area contributed by atoms with Gasteiger partial charge >= 0.3 is 0 Å². The molecule has 2 amide bonds. The summed E-state index contributed by atoms with van der Waals surface area (Å²) < 4.78 is 17.9. The van der Waals surface area contributed by atoms with Crippen LogP contribution in [-0.4, -0.2) is 67.4 Å². The Labute approximate surface area is 170 Å². The number of hydrogen-bond donors (Lipinski definition) is 1. The maximum absolute atomic E-state index is 13.1. The van der Waals surface area contributed by atoms with Gasteiger partial charge in [0.2, 0.25) is 5.91 Å². The summed E-state index contributed by atoms with van der Waals surface area (Å²) in [7, 11) is 0. The zero-order chi connectivity index (χ0) is 19.8. The Morgan fingerprint density at radius 2 is 1.90 bits per heavy atom. The van der Waals surface area contributed by atoms with Gasteiger partial charge in [0.1, 0.15) is 12.4 Å². The van der Waals surface area contributed by atoms with Gasteiger partial charge in [-0.2, -0.15) is 0 Å². The van der Waals surface area contributed by atoms with Crippen LogP contribution in [0.4, 0.5) is 0 Å². The Kier molecular flexibility index (Phi) is 4.95. The molecule has 1 aromatic rings. The van der Waals surface area contributed by atoms with Gasteiger partial charge in [-0.15, -0.1) is 0 Å². The van der Waals surface area contributed by atoms with E-state index >= 15 is 0 Å². The normalized spacial score (nSPS) is 35.0. The SMILES string of the molecule is O=C1COCC2(CCN3C(=O)COc4ccccc4C4CCC(CC4)OC[C@H]32)N1. The lowest BCUT2D eigenvalue weighted by molar-refractivity contribution is -0.144. The molecule has 0 radical (unpaired) electrons. The van der Waals surface area contributed by atoms with Gasteiger partial charge in [0.05, 0.1) is 30.9 Å². The molecule has 3 fully saturated rings. The van der Waals surface area contributed by atoms with Crippen LogP contribution in [0.5, 0.6) is 5.75 Å². The molecule has 7 heteroatoms. The first-order valence-electron chi connectivity index (χ1n) is 10.7. The largest absolute Gasteiger partial charge is 0.483 e. The van der Waals surface area contributed by atoms with Gasteiger partial charge < -0.3 is 24.4 Å². The van der Waals surface area contributed by atoms with E-state index in [0.717, 1.165) is 31.4 Å². The van der Waals surface area contributed by atoms with Crippen molar-refractivity contribution in [3.8, 4) is 5.75 Å². The second kappa shape index (κ2) is 7.61. The molecule has 1 aliphatic carbocycles. The molecule has 2 saturated heterocycles. The first kappa shape index (κ1) is 18.9. The van der Waals surface area contributed by atoms with Crippen molar-refractivity contribution in [3.05, 3.63) is 29.8 Å². The zero-order valence-corrected chi connectivity index (χ0v) is 16.6. The second-order valence-corrected chi connectivity index (χ2v) is 8.68. The number of nitrogens with one attached hydrogen (secondary N) is 1. The molecule has 1 saturated carbocycles. The predicted octanol–water partition coefficient (Wildman–Crippen LogP) is 1.61. The summed E-state index contributed by atoms with van der Waals surface area (Å²) in [6, 6.07) is 7.84. The van der Waals surface area contributed by atoms with Crippen LogP contribution in [0.3, 0.4) is 0 Å². The van der Waals surface area contributed by atoms with E-state index in [4.69, 9.17) is 14.2 Å². The summed E-state index contributed by atoms with van der Waals surface area (Å²) in [6.07, 6.45) is 4.96. The van der Waals surface area contributed by atoms with Crippen LogP contribution >= 0.6 is 0 Å². The molecule has 156 valence electrons. The molecule has 6 rings (SSSR count). The molecule has 29 heavy (non-hydrogen) atoms. The lowest BCUT2D eigenvalue weighted by Crippen LogP contribution is -2.65. The fraction of sp³-hybridized carbons (Fsp3) is 0.636. The molecule has 1 aromatic carbocycles. The molecule has 1 N–H and O–H groups in total. The summed E-state index contributed by atoms with van der Waals surface area (Å²) in [5, 5.41) is 3.12. The molecule has 2 atom stereocenters. The molecule has 4 heterocycles. The molecular formula is C22H28N2O5. The molecule has 1 unspecified atom stereocenters. The number of morpholine rings is 1. The number of carbonyl (C=O) groups is 2. The molecule has 4 aliphatic heterocycles. The van der Waals surface area contributed by atoms with Crippen LogP contribution in [0.15, 0.2) is 24.3 Å². The number of nitrogens with zero attached hydrogens (tertiary/aromatic N) is 1. The van der Waals surface area contributed by atoms with Gasteiger partial charge in [-0.3, -0.25) is 9.59 Å². The maximum atomic E-state index is 13.1. The number of rotatable bonds is 0. The van der Waals surface area contributed by atoms with Crippen molar-refractivity contribution < 1.29 is 23.8 Å². The molecule has 1 spiro atoms. The van der Waals surface area contributed by atoms with Crippen LogP contribution < -0.4 is 10.1 Å². The highest BCUT2D eigenvalue weighted by Gasteiger charge is 2.52. The quantitative estimate of drug-likeness (QED) is 0.716. The first-order valence-corrected chi connectivity index (χ1v) is 10.7. The number of fused-ring (bicyclic) bond motifs is 5. The second-order valence-electron chi connectivity index (χ2n) is 8.68. The van der Waals surface area contributed by atoms with E-state index in [1.54, 1.807) is 0 Å². The summed E-state index contributed by atoms with van der Waals surface area (Å²) >= 11 is 0. The maximum Gasteiger partial charge on any atom is 0.260 e. The van der Waals surface area contributed by atoms with E-state index in [-0.39, 0.29) is 37.2 Å². The van der Waals surface area contributed by atoms with Gasteiger partial charge in [-0.1, -0.05) is 18.2 Å². The predicted molar refractivity (Wildman–Crippen MR) is 105 cm³/mol. The van der Waals surface area contributed by atoms with Gasteiger partial charge in [0, 0.05) is 6.54 Å². The molecular weight excluding hydrogens is 372 g/mol. The van der Waals surface area contributed by atoms with Gasteiger partial charge in [-0.25, -0.2) is 0 Å². The lowest BCUT2D eigenvalue weighted by atomic mass is 9.82. The summed E-state index contributed by atoms with van der Waals surface area (Å²) in [5.41, 5.74) is 0.626. The number of para-hydroxylation sites is 1. The van der Waals surface area contributed by atoms with Crippen LogP contribution in [0.2, 0.25) is 0 Å². The molecule has 7 nitrogen and oxygen atoms in total. The van der Waals surface area contributed by atoms with E-state index in [2.05, 4.69) is 11.4 Å². The minimum absolute atomic E-state index is 0.00541. The van der Waals surface area contributed by atoms with Crippen LogP contribution in [0.25, 0.3) is 0 Å². The third-order valence-electron chi connectivity index (χ3n) is 6.99. The third-order valence-corrected chi connectivity index (χ3v) is 6.99. The Morgan fingerprint density at radius 1 is 1.07 bits per heavy atom. The van der Waals surface area contributed by atoms with Crippen molar-refractivity contribution in [3.63, 3.8) is 0 Å². The minimum Gasteiger partial charge on any atom is -0.483 e. The number of amides is 2. The Hall–Kier alpha value is -2.12. The standard InChI is InChI=1S/C22H28N2O5/c25-20-12-27-14-22(23-20)9-10-24-19(22)11-28-16-7-5-15(6-8-16)17-3-1-2-4-18(17)29-13-21(24)26/h1-4,15-16,19H,5-14H2,(H,23,25)/t15?,16?,19-,22?/m0/s1. The minimum atomic E-state index is -0.569. The number of benzene rings is 1. The monoisotopic (exact) mass is 400 g/mol. The Morgan fingerprint density at radius 3 is 2.72 bits per heavy atom. The van der Waals surface area contributed by atoms with Gasteiger partial charge in [0.25, 0.3) is 5.91 Å². The summed E-state index contributed by atoms with van der Waals surface area (Å²) in [5.74, 6) is 1.05. The van der Waals surface area contributed by atoms with Crippen LogP contribution in [0.1, 0.15) is 43.6 Å². The number of carbonyl (C=O) groups excluding carboxylic acids is 2. The van der Waals surface area contributed by atoms with Crippen molar-refractivity contribution in [1.82, 2.24) is 10.2 Å². The molecule has 5 aliphatic rings. The summed E-state index contributed by atoms with van der Waals surface area (Å²) in [6.45, 7) is 1.46.